The van der Waals surface area contributed by atoms with Crippen LogP contribution in [0.15, 0.2) is 46.9 Å². The minimum Gasteiger partial charge on any atom is -0.482 e. The van der Waals surface area contributed by atoms with Crippen LogP contribution in [0.5, 0.6) is 17.2 Å². The van der Waals surface area contributed by atoms with Crippen molar-refractivity contribution in [3.8, 4) is 17.2 Å². The van der Waals surface area contributed by atoms with Crippen molar-refractivity contribution >= 4 is 33.5 Å². The lowest BCUT2D eigenvalue weighted by atomic mass is 10.3. The van der Waals surface area contributed by atoms with Crippen molar-refractivity contribution in [2.75, 3.05) is 25.3 Å². The van der Waals surface area contributed by atoms with Gasteiger partial charge in [0.05, 0.1) is 0 Å². The minimum atomic E-state index is -0.635. The van der Waals surface area contributed by atoms with E-state index in [9.17, 15) is 9.59 Å². The topological polar surface area (TPSA) is 83.1 Å². The first-order valence-electron chi connectivity index (χ1n) is 7.33. The van der Waals surface area contributed by atoms with Gasteiger partial charge < -0.3 is 24.3 Å². The lowest BCUT2D eigenvalue weighted by molar-refractivity contribution is -0.149. The summed E-state index contributed by atoms with van der Waals surface area (Å²) in [5.41, 5.74) is 0.524. The standard InChI is InChI=1S/C17H14BrNO6/c18-11-1-4-13(5-2-11)22-9-17(21)23-8-16(20)19-12-3-6-14-15(7-12)25-10-24-14/h1-7H,8-10H2,(H,19,20). The number of benzene rings is 2. The molecule has 2 aromatic carbocycles. The van der Waals surface area contributed by atoms with Gasteiger partial charge in [-0.25, -0.2) is 4.79 Å². The number of carbonyl (C=O) groups excluding carboxylic acids is 2. The van der Waals surface area contributed by atoms with Crippen LogP contribution in [0.2, 0.25) is 0 Å². The first kappa shape index (κ1) is 17.1. The average molecular weight is 408 g/mol. The third-order valence-electron chi connectivity index (χ3n) is 3.19. The third kappa shape index (κ3) is 4.87. The summed E-state index contributed by atoms with van der Waals surface area (Å²) >= 11 is 3.30. The summed E-state index contributed by atoms with van der Waals surface area (Å²) in [4.78, 5) is 23.4. The smallest absolute Gasteiger partial charge is 0.344 e. The molecule has 25 heavy (non-hydrogen) atoms. The van der Waals surface area contributed by atoms with Crippen molar-refractivity contribution in [2.45, 2.75) is 0 Å². The zero-order chi connectivity index (χ0) is 17.6. The van der Waals surface area contributed by atoms with Gasteiger partial charge in [0.2, 0.25) is 6.79 Å². The van der Waals surface area contributed by atoms with Crippen molar-refractivity contribution < 1.29 is 28.5 Å². The molecule has 0 saturated carbocycles. The second kappa shape index (κ2) is 7.89. The molecule has 0 radical (unpaired) electrons. The van der Waals surface area contributed by atoms with Crippen molar-refractivity contribution in [2.24, 2.45) is 0 Å². The molecule has 0 fully saturated rings. The highest BCUT2D eigenvalue weighted by molar-refractivity contribution is 9.10. The first-order valence-corrected chi connectivity index (χ1v) is 8.13. The van der Waals surface area contributed by atoms with E-state index < -0.39 is 18.5 Å². The van der Waals surface area contributed by atoms with Crippen LogP contribution >= 0.6 is 15.9 Å². The van der Waals surface area contributed by atoms with E-state index in [-0.39, 0.29) is 13.4 Å². The Balaban J connectivity index is 1.41. The molecule has 0 spiro atoms. The Kier molecular flexibility index (Phi) is 5.39. The monoisotopic (exact) mass is 407 g/mol. The fraction of sp³-hybridized carbons (Fsp3) is 0.176. The lowest BCUT2D eigenvalue weighted by Crippen LogP contribution is -2.23. The molecule has 0 bridgehead atoms. The van der Waals surface area contributed by atoms with Crippen molar-refractivity contribution in [1.82, 2.24) is 0 Å². The second-order valence-electron chi connectivity index (χ2n) is 5.02. The Morgan fingerprint density at radius 1 is 1.04 bits per heavy atom. The van der Waals surface area contributed by atoms with E-state index in [4.69, 9.17) is 18.9 Å². The highest BCUT2D eigenvalue weighted by Crippen LogP contribution is 2.34. The maximum Gasteiger partial charge on any atom is 0.344 e. The Morgan fingerprint density at radius 3 is 2.60 bits per heavy atom. The molecule has 0 saturated heterocycles. The molecular formula is C17H14BrNO6. The molecule has 7 nitrogen and oxygen atoms in total. The number of hydrogen-bond acceptors (Lipinski definition) is 6. The number of nitrogens with one attached hydrogen (secondary N) is 1. The summed E-state index contributed by atoms with van der Waals surface area (Å²) in [5, 5.41) is 2.61. The highest BCUT2D eigenvalue weighted by Gasteiger charge is 2.15. The van der Waals surface area contributed by atoms with Crippen LogP contribution in [0.25, 0.3) is 0 Å². The Labute approximate surface area is 152 Å². The van der Waals surface area contributed by atoms with E-state index in [1.54, 1.807) is 42.5 Å². The van der Waals surface area contributed by atoms with E-state index in [0.717, 1.165) is 4.47 Å². The Hall–Kier alpha value is -2.74. The van der Waals surface area contributed by atoms with Gasteiger partial charge in [-0.2, -0.15) is 0 Å². The number of carbonyl (C=O) groups is 2. The number of anilines is 1. The van der Waals surface area contributed by atoms with E-state index >= 15 is 0 Å². The number of hydrogen-bond donors (Lipinski definition) is 1. The summed E-state index contributed by atoms with van der Waals surface area (Å²) in [5.74, 6) is 0.608. The molecule has 1 heterocycles. The molecule has 130 valence electrons. The highest BCUT2D eigenvalue weighted by atomic mass is 79.9. The molecule has 1 aliphatic heterocycles. The van der Waals surface area contributed by atoms with Gasteiger partial charge in [0.1, 0.15) is 5.75 Å². The molecule has 8 heteroatoms. The summed E-state index contributed by atoms with van der Waals surface area (Å²) in [7, 11) is 0. The molecule has 1 aliphatic rings. The molecular weight excluding hydrogens is 394 g/mol. The molecule has 0 atom stereocenters. The van der Waals surface area contributed by atoms with Gasteiger partial charge in [0.25, 0.3) is 5.91 Å². The molecule has 2 aromatic rings. The molecule has 0 unspecified atom stereocenters. The molecule has 0 aliphatic carbocycles. The predicted octanol–water partition coefficient (Wildman–Crippen LogP) is 2.74. The van der Waals surface area contributed by atoms with Gasteiger partial charge in [0.15, 0.2) is 24.7 Å². The Morgan fingerprint density at radius 2 is 1.80 bits per heavy atom. The summed E-state index contributed by atoms with van der Waals surface area (Å²) in [6.07, 6.45) is 0. The zero-order valence-electron chi connectivity index (χ0n) is 13.0. The van der Waals surface area contributed by atoms with Crippen LogP contribution < -0.4 is 19.5 Å². The van der Waals surface area contributed by atoms with Gasteiger partial charge >= 0.3 is 5.97 Å². The van der Waals surface area contributed by atoms with Crippen LogP contribution in [0.4, 0.5) is 5.69 Å². The van der Waals surface area contributed by atoms with E-state index in [0.29, 0.717) is 22.9 Å². The SMILES string of the molecule is O=C(COC(=O)COc1ccc(Br)cc1)Nc1ccc2c(c1)OCO2. The molecule has 0 aromatic heterocycles. The van der Waals surface area contributed by atoms with E-state index in [1.165, 1.54) is 0 Å². The van der Waals surface area contributed by atoms with Crippen LogP contribution in [0.1, 0.15) is 0 Å². The van der Waals surface area contributed by atoms with Gasteiger partial charge in [-0.3, -0.25) is 4.79 Å². The van der Waals surface area contributed by atoms with Crippen molar-refractivity contribution in [3.63, 3.8) is 0 Å². The van der Waals surface area contributed by atoms with Crippen molar-refractivity contribution in [1.29, 1.82) is 0 Å². The van der Waals surface area contributed by atoms with Crippen LogP contribution in [0, 0.1) is 0 Å². The number of esters is 1. The predicted molar refractivity (Wildman–Crippen MR) is 91.8 cm³/mol. The fourth-order valence-electron chi connectivity index (χ4n) is 2.03. The van der Waals surface area contributed by atoms with Crippen LogP contribution in [-0.4, -0.2) is 31.9 Å². The normalized spacial score (nSPS) is 11.7. The number of halogens is 1. The van der Waals surface area contributed by atoms with Gasteiger partial charge in [-0.1, -0.05) is 15.9 Å². The van der Waals surface area contributed by atoms with Gasteiger partial charge in [0, 0.05) is 16.2 Å². The van der Waals surface area contributed by atoms with Gasteiger partial charge in [-0.05, 0) is 36.4 Å². The van der Waals surface area contributed by atoms with E-state index in [1.807, 2.05) is 0 Å². The first-order chi connectivity index (χ1) is 12.1. The Bertz CT molecular complexity index is 777. The summed E-state index contributed by atoms with van der Waals surface area (Å²) in [6, 6.07) is 12.0. The summed E-state index contributed by atoms with van der Waals surface area (Å²) < 4.78 is 21.5. The molecule has 1 N–H and O–H groups in total. The largest absolute Gasteiger partial charge is 0.482 e. The zero-order valence-corrected chi connectivity index (χ0v) is 14.6. The quantitative estimate of drug-likeness (QED) is 0.741. The maximum atomic E-state index is 11.8. The number of ether oxygens (including phenoxy) is 4. The van der Waals surface area contributed by atoms with Crippen LogP contribution in [0.3, 0.4) is 0 Å². The maximum absolute atomic E-state index is 11.8. The van der Waals surface area contributed by atoms with Crippen molar-refractivity contribution in [3.05, 3.63) is 46.9 Å². The molecule has 1 amide bonds. The number of fused-ring (bicyclic) bond motifs is 1. The third-order valence-corrected chi connectivity index (χ3v) is 3.72. The minimum absolute atomic E-state index is 0.155. The van der Waals surface area contributed by atoms with Gasteiger partial charge in [-0.15, -0.1) is 0 Å². The number of rotatable bonds is 6. The van der Waals surface area contributed by atoms with Crippen LogP contribution in [-0.2, 0) is 14.3 Å². The summed E-state index contributed by atoms with van der Waals surface area (Å²) in [6.45, 7) is -0.529. The number of amides is 1. The van der Waals surface area contributed by atoms with E-state index in [2.05, 4.69) is 21.2 Å². The second-order valence-corrected chi connectivity index (χ2v) is 5.94. The fourth-order valence-corrected chi connectivity index (χ4v) is 2.30. The lowest BCUT2D eigenvalue weighted by Gasteiger charge is -2.08. The molecule has 3 rings (SSSR count). The average Bonchev–Trinajstić information content (AvgIpc) is 3.07.